The van der Waals surface area contributed by atoms with Gasteiger partial charge in [-0.05, 0) is 0 Å². The van der Waals surface area contributed by atoms with Crippen molar-refractivity contribution in [3.05, 3.63) is 170 Å². The molecule has 9 heteroatoms. The zero-order valence-electron chi connectivity index (χ0n) is 23.9. The Hall–Kier alpha value is -2.06. The maximum atomic E-state index is 6.48. The first-order valence-corrected chi connectivity index (χ1v) is 21.3. The van der Waals surface area contributed by atoms with Gasteiger partial charge in [-0.1, -0.05) is 0 Å². The van der Waals surface area contributed by atoms with Crippen molar-refractivity contribution in [2.45, 2.75) is 9.79 Å². The molecule has 0 saturated heterocycles. The van der Waals surface area contributed by atoms with Crippen LogP contribution in [0.5, 0.6) is 11.5 Å². The molecule has 45 heavy (non-hydrogen) atoms. The summed E-state index contributed by atoms with van der Waals surface area (Å²) in [7, 11) is -1.30. The number of para-hydroxylation sites is 2. The quantitative estimate of drug-likeness (QED) is 0.178. The normalized spacial score (nSPS) is 10.4. The summed E-state index contributed by atoms with van der Waals surface area (Å²) in [4.78, 5) is 2.29. The molecule has 0 amide bonds. The van der Waals surface area contributed by atoms with Gasteiger partial charge in [-0.3, -0.25) is 0 Å². The van der Waals surface area contributed by atoms with Crippen molar-refractivity contribution in [1.29, 1.82) is 0 Å². The molecular weight excluding hydrogens is 753 g/mol. The van der Waals surface area contributed by atoms with E-state index in [2.05, 4.69) is 158 Å². The molecule has 224 valence electrons. The fourth-order valence-electron chi connectivity index (χ4n) is 4.29. The molecule has 2 nitrogen and oxygen atoms in total. The molecule has 0 saturated carbocycles. The molecule has 0 atom stereocenters. The molecule has 6 rings (SSSR count). The molecule has 0 aromatic heterocycles. The summed E-state index contributed by atoms with van der Waals surface area (Å²) in [6.45, 7) is 0. The van der Waals surface area contributed by atoms with Gasteiger partial charge in [0.15, 0.2) is 0 Å². The number of benzene rings is 6. The Balaban J connectivity index is 0.00000230. The van der Waals surface area contributed by atoms with Gasteiger partial charge in [0.2, 0.25) is 0 Å². The number of hydrogen-bond acceptors (Lipinski definition) is 4. The Labute approximate surface area is 301 Å². The van der Waals surface area contributed by atoms with Gasteiger partial charge in [0.1, 0.15) is 0 Å². The van der Waals surface area contributed by atoms with E-state index in [1.807, 2.05) is 34.9 Å². The van der Waals surface area contributed by atoms with Gasteiger partial charge in [-0.25, -0.2) is 0 Å². The van der Waals surface area contributed by atoms with Crippen molar-refractivity contribution in [2.75, 3.05) is 0 Å². The molecule has 0 heterocycles. The second kappa shape index (κ2) is 18.9. The molecule has 6 aromatic carbocycles. The molecule has 0 aliphatic rings. The van der Waals surface area contributed by atoms with E-state index < -0.39 is 38.4 Å². The van der Waals surface area contributed by atoms with Crippen LogP contribution >= 0.6 is 37.0 Å². The van der Waals surface area contributed by atoms with Gasteiger partial charge in [0.25, 0.3) is 0 Å². The third-order valence-corrected chi connectivity index (χ3v) is 17.1. The summed E-state index contributed by atoms with van der Waals surface area (Å²) in [6, 6.07) is 59.8. The summed E-state index contributed by atoms with van der Waals surface area (Å²) in [5, 5.41) is 5.33. The van der Waals surface area contributed by atoms with Gasteiger partial charge in [-0.15, -0.1) is 0 Å². The van der Waals surface area contributed by atoms with Gasteiger partial charge in [0.05, 0.1) is 0 Å². The first kappa shape index (κ1) is 35.8. The minimum atomic E-state index is -1.69. The van der Waals surface area contributed by atoms with Crippen LogP contribution in [-0.2, 0) is 24.1 Å². The first-order valence-electron chi connectivity index (χ1n) is 13.8. The van der Waals surface area contributed by atoms with Crippen molar-refractivity contribution in [2.24, 2.45) is 0 Å². The van der Waals surface area contributed by atoms with Crippen molar-refractivity contribution in [1.82, 2.24) is 0 Å². The van der Waals surface area contributed by atoms with E-state index in [9.17, 15) is 0 Å². The van der Waals surface area contributed by atoms with Crippen LogP contribution in [0.25, 0.3) is 0 Å². The third kappa shape index (κ3) is 9.97. The maximum absolute atomic E-state index is 6.48. The number of rotatable bonds is 12. The molecule has 0 bridgehead atoms. The monoisotopic (exact) mass is 778 g/mol. The predicted molar refractivity (Wildman–Crippen MR) is 184 cm³/mol. The van der Waals surface area contributed by atoms with E-state index in [0.717, 1.165) is 21.3 Å². The molecule has 0 spiro atoms. The number of hydrogen-bond donors (Lipinski definition) is 0. The van der Waals surface area contributed by atoms with Crippen LogP contribution in [0.15, 0.2) is 180 Å². The predicted octanol–water partition coefficient (Wildman–Crippen LogP) is 3.34. The summed E-state index contributed by atoms with van der Waals surface area (Å²) in [5.74, 6) is 1.80. The average Bonchev–Trinajstić information content (AvgIpc) is 3.09. The summed E-state index contributed by atoms with van der Waals surface area (Å²) in [6.07, 6.45) is 0. The summed E-state index contributed by atoms with van der Waals surface area (Å²) >= 11 is 2.08. The molecule has 0 unspecified atom stereocenters. The SMILES string of the molecule is [Cl-].[Cl-].c1ccc(P(Sc2ccccc2[O][Zr+2][O]c2ccccc2SP(c2ccccc2)c2ccccc2)c2ccccc2)cc1. The van der Waals surface area contributed by atoms with Crippen LogP contribution in [0.1, 0.15) is 0 Å². The molecule has 0 N–H and O–H groups in total. The molecule has 0 aliphatic carbocycles. The Kier molecular flexibility index (Phi) is 15.1. The van der Waals surface area contributed by atoms with Gasteiger partial charge in [-0.2, -0.15) is 0 Å². The van der Waals surface area contributed by atoms with Crippen LogP contribution < -0.4 is 51.7 Å². The van der Waals surface area contributed by atoms with E-state index in [0.29, 0.717) is 0 Å². The van der Waals surface area contributed by atoms with Crippen molar-refractivity contribution in [3.8, 4) is 11.5 Å². The second-order valence-electron chi connectivity index (χ2n) is 9.29. The van der Waals surface area contributed by atoms with Gasteiger partial charge >= 0.3 is 279 Å². The third-order valence-electron chi connectivity index (χ3n) is 6.34. The van der Waals surface area contributed by atoms with Crippen LogP contribution in [0, 0.1) is 0 Å². The number of halogens is 2. The summed E-state index contributed by atoms with van der Waals surface area (Å²) < 4.78 is 13.0. The molecule has 0 fully saturated rings. The van der Waals surface area contributed by atoms with E-state index in [-0.39, 0.29) is 24.8 Å². The van der Waals surface area contributed by atoms with E-state index in [1.54, 1.807) is 0 Å². The zero-order valence-corrected chi connectivity index (χ0v) is 31.3. The van der Waals surface area contributed by atoms with Crippen molar-refractivity contribution in [3.63, 3.8) is 0 Å². The van der Waals surface area contributed by atoms with E-state index in [4.69, 9.17) is 5.63 Å². The minimum absolute atomic E-state index is 0. The Morgan fingerprint density at radius 1 is 0.356 bits per heavy atom. The molecular formula is C36H28Cl2O2P2S2Zr. The van der Waals surface area contributed by atoms with E-state index in [1.165, 1.54) is 21.2 Å². The zero-order chi connectivity index (χ0) is 29.1. The van der Waals surface area contributed by atoms with Gasteiger partial charge in [0, 0.05) is 0 Å². The van der Waals surface area contributed by atoms with Crippen LogP contribution in [0.3, 0.4) is 0 Å². The molecule has 0 radical (unpaired) electrons. The van der Waals surface area contributed by atoms with Crippen LogP contribution in [0.4, 0.5) is 0 Å². The first-order chi connectivity index (χ1) is 21.3. The fourth-order valence-corrected chi connectivity index (χ4v) is 14.7. The van der Waals surface area contributed by atoms with Crippen molar-refractivity contribution < 1.29 is 54.6 Å². The topological polar surface area (TPSA) is 18.5 Å². The Morgan fingerprint density at radius 2 is 0.622 bits per heavy atom. The molecule has 6 aromatic rings. The standard InChI is InChI=1S/2C18H15OPS.2ClH.Zr/c2*19-17-13-7-8-14-18(17)21-20(15-9-3-1-4-10-15)16-11-5-2-6-12-16;;;/h2*1-14,19H;2*1H;/q;;;;+4/p-4. The Morgan fingerprint density at radius 3 is 0.933 bits per heavy atom. The molecule has 0 aliphatic heterocycles. The van der Waals surface area contributed by atoms with Crippen LogP contribution in [0.2, 0.25) is 0 Å². The Bertz CT molecular complexity index is 1520. The van der Waals surface area contributed by atoms with Crippen molar-refractivity contribution >= 4 is 58.2 Å². The average molecular weight is 781 g/mol. The van der Waals surface area contributed by atoms with E-state index >= 15 is 0 Å². The van der Waals surface area contributed by atoms with Gasteiger partial charge < -0.3 is 24.8 Å². The van der Waals surface area contributed by atoms with Crippen LogP contribution in [-0.4, -0.2) is 0 Å². The summed E-state index contributed by atoms with van der Waals surface area (Å²) in [5.41, 5.74) is 0. The fraction of sp³-hybridized carbons (Fsp3) is 0. The second-order valence-corrected chi connectivity index (χ2v) is 18.5.